The lowest BCUT2D eigenvalue weighted by molar-refractivity contribution is -0.0502. The zero-order valence-corrected chi connectivity index (χ0v) is 18.5. The van der Waals surface area contributed by atoms with Crippen LogP contribution in [0.5, 0.6) is 0 Å². The molecule has 1 aromatic heterocycles. The maximum absolute atomic E-state index is 6.08. The van der Waals surface area contributed by atoms with E-state index in [-0.39, 0.29) is 30.1 Å². The van der Waals surface area contributed by atoms with E-state index in [0.29, 0.717) is 12.6 Å². The van der Waals surface area contributed by atoms with Gasteiger partial charge in [-0.3, -0.25) is 14.9 Å². The Morgan fingerprint density at radius 1 is 1.18 bits per heavy atom. The summed E-state index contributed by atoms with van der Waals surface area (Å²) in [5, 5.41) is 3.44. The molecular formula is C21H28IN5O. The summed E-state index contributed by atoms with van der Waals surface area (Å²) >= 11 is 0. The third kappa shape index (κ3) is 5.01. The van der Waals surface area contributed by atoms with Gasteiger partial charge in [0, 0.05) is 39.4 Å². The number of nitrogens with one attached hydrogen (secondary N) is 1. The number of halogens is 1. The van der Waals surface area contributed by atoms with Crippen LogP contribution in [-0.4, -0.2) is 66.2 Å². The van der Waals surface area contributed by atoms with Crippen molar-refractivity contribution in [3.63, 3.8) is 0 Å². The first-order valence-corrected chi connectivity index (χ1v) is 9.58. The summed E-state index contributed by atoms with van der Waals surface area (Å²) in [7, 11) is 1.84. The summed E-state index contributed by atoms with van der Waals surface area (Å²) in [6.45, 7) is 5.22. The Balaban J connectivity index is 0.00000225. The summed E-state index contributed by atoms with van der Waals surface area (Å²) in [5.41, 5.74) is 2.37. The van der Waals surface area contributed by atoms with Gasteiger partial charge in [0.15, 0.2) is 5.96 Å². The average Bonchev–Trinajstić information content (AvgIpc) is 3.15. The Bertz CT molecular complexity index is 758. The zero-order valence-electron chi connectivity index (χ0n) is 16.2. The van der Waals surface area contributed by atoms with Gasteiger partial charge < -0.3 is 15.0 Å². The monoisotopic (exact) mass is 493 g/mol. The van der Waals surface area contributed by atoms with Gasteiger partial charge in [-0.25, -0.2) is 0 Å². The molecule has 0 spiro atoms. The number of fused-ring (bicyclic) bond motifs is 1. The van der Waals surface area contributed by atoms with Gasteiger partial charge >= 0.3 is 0 Å². The molecule has 2 fully saturated rings. The highest BCUT2D eigenvalue weighted by atomic mass is 127. The van der Waals surface area contributed by atoms with E-state index in [1.54, 1.807) is 0 Å². The summed E-state index contributed by atoms with van der Waals surface area (Å²) in [4.78, 5) is 13.7. The highest BCUT2D eigenvalue weighted by Gasteiger charge is 2.41. The number of guanidine groups is 1. The van der Waals surface area contributed by atoms with Crippen LogP contribution in [0.15, 0.2) is 59.7 Å². The first-order chi connectivity index (χ1) is 13.3. The largest absolute Gasteiger partial charge is 0.373 e. The average molecular weight is 493 g/mol. The van der Waals surface area contributed by atoms with Gasteiger partial charge in [0.05, 0.1) is 31.0 Å². The van der Waals surface area contributed by atoms with Gasteiger partial charge in [-0.15, -0.1) is 24.0 Å². The normalized spacial score (nSPS) is 22.5. The molecule has 6 nitrogen and oxygen atoms in total. The number of morpholine rings is 1. The smallest absolute Gasteiger partial charge is 0.194 e. The molecule has 4 rings (SSSR count). The second-order valence-corrected chi connectivity index (χ2v) is 7.06. The van der Waals surface area contributed by atoms with Crippen LogP contribution >= 0.6 is 24.0 Å². The maximum Gasteiger partial charge on any atom is 0.194 e. The molecule has 2 aliphatic rings. The van der Waals surface area contributed by atoms with Crippen LogP contribution in [0.25, 0.3) is 0 Å². The van der Waals surface area contributed by atoms with Crippen molar-refractivity contribution in [1.29, 1.82) is 0 Å². The molecule has 0 amide bonds. The van der Waals surface area contributed by atoms with E-state index in [9.17, 15) is 0 Å². The van der Waals surface area contributed by atoms with Crippen LogP contribution < -0.4 is 5.32 Å². The molecule has 1 aromatic carbocycles. The van der Waals surface area contributed by atoms with Crippen molar-refractivity contribution < 1.29 is 4.74 Å². The molecule has 0 bridgehead atoms. The summed E-state index contributed by atoms with van der Waals surface area (Å²) in [6, 6.07) is 17.0. The minimum absolute atomic E-state index is 0. The van der Waals surface area contributed by atoms with Gasteiger partial charge in [-0.1, -0.05) is 36.4 Å². The third-order valence-electron chi connectivity index (χ3n) is 5.31. The van der Waals surface area contributed by atoms with Gasteiger partial charge in [0.1, 0.15) is 0 Å². The predicted octanol–water partition coefficient (Wildman–Crippen LogP) is 2.36. The van der Waals surface area contributed by atoms with E-state index in [4.69, 9.17) is 4.74 Å². The molecule has 150 valence electrons. The van der Waals surface area contributed by atoms with Crippen molar-refractivity contribution in [2.45, 2.75) is 25.2 Å². The predicted molar refractivity (Wildman–Crippen MR) is 122 cm³/mol. The van der Waals surface area contributed by atoms with Crippen LogP contribution in [0.3, 0.4) is 0 Å². The Labute approximate surface area is 184 Å². The molecule has 2 saturated heterocycles. The van der Waals surface area contributed by atoms with E-state index in [1.807, 2.05) is 31.4 Å². The van der Waals surface area contributed by atoms with Crippen LogP contribution in [0, 0.1) is 0 Å². The van der Waals surface area contributed by atoms with Gasteiger partial charge in [0.25, 0.3) is 0 Å². The fourth-order valence-corrected chi connectivity index (χ4v) is 3.95. The molecule has 0 radical (unpaired) electrons. The van der Waals surface area contributed by atoms with E-state index in [0.717, 1.165) is 44.4 Å². The lowest BCUT2D eigenvalue weighted by Crippen LogP contribution is -2.50. The number of benzene rings is 1. The van der Waals surface area contributed by atoms with Crippen molar-refractivity contribution in [3.8, 4) is 0 Å². The molecule has 28 heavy (non-hydrogen) atoms. The van der Waals surface area contributed by atoms with Crippen molar-refractivity contribution in [2.24, 2.45) is 4.99 Å². The Hall–Kier alpha value is -1.71. The summed E-state index contributed by atoms with van der Waals surface area (Å²) < 4.78 is 6.08. The SMILES string of the molecule is CN=C(NCc1ccccn1)N1CC2OCCN(Cc3ccccc3)C2C1.I. The first kappa shape index (κ1) is 21.0. The molecule has 1 N–H and O–H groups in total. The number of aromatic nitrogens is 1. The van der Waals surface area contributed by atoms with E-state index >= 15 is 0 Å². The van der Waals surface area contributed by atoms with E-state index in [1.165, 1.54) is 5.56 Å². The maximum atomic E-state index is 6.08. The molecule has 7 heteroatoms. The first-order valence-electron chi connectivity index (χ1n) is 9.58. The quantitative estimate of drug-likeness (QED) is 0.403. The van der Waals surface area contributed by atoms with Crippen molar-refractivity contribution >= 4 is 29.9 Å². The van der Waals surface area contributed by atoms with Crippen LogP contribution in [-0.2, 0) is 17.8 Å². The third-order valence-corrected chi connectivity index (χ3v) is 5.31. The van der Waals surface area contributed by atoms with Crippen LogP contribution in [0.2, 0.25) is 0 Å². The number of likely N-dealkylation sites (tertiary alicyclic amines) is 1. The minimum Gasteiger partial charge on any atom is -0.373 e. The lowest BCUT2D eigenvalue weighted by atomic mass is 10.1. The fraction of sp³-hybridized carbons (Fsp3) is 0.429. The van der Waals surface area contributed by atoms with Crippen LogP contribution in [0.4, 0.5) is 0 Å². The molecule has 0 saturated carbocycles. The highest BCUT2D eigenvalue weighted by molar-refractivity contribution is 14.0. The molecule has 2 atom stereocenters. The standard InChI is InChI=1S/C21H27N5O.HI/c1-22-21(24-13-18-9-5-6-10-23-18)26-15-19-20(16-26)27-12-11-25(19)14-17-7-3-2-4-8-17;/h2-10,19-20H,11-16H2,1H3,(H,22,24);1H. The lowest BCUT2D eigenvalue weighted by Gasteiger charge is -2.36. The number of aliphatic imine (C=N–C) groups is 1. The minimum atomic E-state index is 0. The molecule has 2 aromatic rings. The Morgan fingerprint density at radius 3 is 2.75 bits per heavy atom. The number of hydrogen-bond acceptors (Lipinski definition) is 4. The molecule has 0 aliphatic carbocycles. The second-order valence-electron chi connectivity index (χ2n) is 7.06. The van der Waals surface area contributed by atoms with Gasteiger partial charge in [0.2, 0.25) is 0 Å². The number of pyridine rings is 1. The molecule has 3 heterocycles. The van der Waals surface area contributed by atoms with E-state index in [2.05, 4.69) is 55.4 Å². The second kappa shape index (κ2) is 10.2. The summed E-state index contributed by atoms with van der Waals surface area (Å²) in [5.74, 6) is 0.915. The van der Waals surface area contributed by atoms with Crippen LogP contribution in [0.1, 0.15) is 11.3 Å². The fourth-order valence-electron chi connectivity index (χ4n) is 3.95. The van der Waals surface area contributed by atoms with Crippen molar-refractivity contribution in [2.75, 3.05) is 33.3 Å². The molecular weight excluding hydrogens is 465 g/mol. The number of nitrogens with zero attached hydrogens (tertiary/aromatic N) is 4. The van der Waals surface area contributed by atoms with E-state index < -0.39 is 0 Å². The Kier molecular flexibility index (Phi) is 7.64. The summed E-state index contributed by atoms with van der Waals surface area (Å²) in [6.07, 6.45) is 2.05. The van der Waals surface area contributed by atoms with Gasteiger partial charge in [-0.05, 0) is 17.7 Å². The molecule has 2 unspecified atom stereocenters. The number of hydrogen-bond donors (Lipinski definition) is 1. The van der Waals surface area contributed by atoms with Gasteiger partial charge in [-0.2, -0.15) is 0 Å². The van der Waals surface area contributed by atoms with Crippen molar-refractivity contribution in [1.82, 2.24) is 20.1 Å². The number of rotatable bonds is 4. The number of ether oxygens (including phenoxy) is 1. The topological polar surface area (TPSA) is 53.0 Å². The van der Waals surface area contributed by atoms with Crippen molar-refractivity contribution in [3.05, 3.63) is 66.0 Å². The molecule has 2 aliphatic heterocycles. The zero-order chi connectivity index (χ0) is 18.5. The Morgan fingerprint density at radius 2 is 2.00 bits per heavy atom. The highest BCUT2D eigenvalue weighted by Crippen LogP contribution is 2.24.